The molecule has 0 aliphatic rings. The van der Waals surface area contributed by atoms with Gasteiger partial charge in [0.2, 0.25) is 5.88 Å². The first-order chi connectivity index (χ1) is 8.04. The SMILES string of the molecule is COc1nc(N(C)CCCN(C)C)ccc1Br. The molecule has 4 nitrogen and oxygen atoms in total. The normalized spacial score (nSPS) is 10.7. The molecule has 0 spiro atoms. The third kappa shape index (κ3) is 4.52. The van der Waals surface area contributed by atoms with Crippen LogP contribution in [0.4, 0.5) is 5.82 Å². The summed E-state index contributed by atoms with van der Waals surface area (Å²) >= 11 is 3.40. The Balaban J connectivity index is 2.59. The smallest absolute Gasteiger partial charge is 0.229 e. The van der Waals surface area contributed by atoms with Gasteiger partial charge in [0.25, 0.3) is 0 Å². The minimum Gasteiger partial charge on any atom is -0.480 e. The number of rotatable bonds is 6. The van der Waals surface area contributed by atoms with Crippen LogP contribution in [0.25, 0.3) is 0 Å². The molecular weight excluding hydrogens is 282 g/mol. The van der Waals surface area contributed by atoms with E-state index in [1.807, 2.05) is 19.2 Å². The summed E-state index contributed by atoms with van der Waals surface area (Å²) in [6.07, 6.45) is 1.11. The first kappa shape index (κ1) is 14.3. The van der Waals surface area contributed by atoms with Crippen molar-refractivity contribution in [3.05, 3.63) is 16.6 Å². The maximum Gasteiger partial charge on any atom is 0.229 e. The van der Waals surface area contributed by atoms with Gasteiger partial charge in [-0.1, -0.05) is 0 Å². The van der Waals surface area contributed by atoms with Crippen molar-refractivity contribution in [2.75, 3.05) is 46.2 Å². The van der Waals surface area contributed by atoms with Gasteiger partial charge in [-0.15, -0.1) is 0 Å². The van der Waals surface area contributed by atoms with Crippen molar-refractivity contribution in [2.45, 2.75) is 6.42 Å². The number of hydrogen-bond donors (Lipinski definition) is 0. The van der Waals surface area contributed by atoms with E-state index in [-0.39, 0.29) is 0 Å². The fourth-order valence-corrected chi connectivity index (χ4v) is 1.89. The van der Waals surface area contributed by atoms with E-state index >= 15 is 0 Å². The number of hydrogen-bond acceptors (Lipinski definition) is 4. The molecule has 0 saturated carbocycles. The van der Waals surface area contributed by atoms with Crippen molar-refractivity contribution in [2.24, 2.45) is 0 Å². The molecule has 17 heavy (non-hydrogen) atoms. The average Bonchev–Trinajstić information content (AvgIpc) is 2.29. The van der Waals surface area contributed by atoms with Gasteiger partial charge >= 0.3 is 0 Å². The lowest BCUT2D eigenvalue weighted by atomic mass is 10.3. The minimum atomic E-state index is 0.627. The highest BCUT2D eigenvalue weighted by atomic mass is 79.9. The van der Waals surface area contributed by atoms with Crippen molar-refractivity contribution in [1.29, 1.82) is 0 Å². The monoisotopic (exact) mass is 301 g/mol. The van der Waals surface area contributed by atoms with E-state index in [1.165, 1.54) is 0 Å². The van der Waals surface area contributed by atoms with Crippen LogP contribution in [0.15, 0.2) is 16.6 Å². The maximum atomic E-state index is 5.19. The maximum absolute atomic E-state index is 5.19. The summed E-state index contributed by atoms with van der Waals surface area (Å²) in [6, 6.07) is 3.95. The molecule has 0 N–H and O–H groups in total. The molecule has 0 radical (unpaired) electrons. The first-order valence-corrected chi connectivity index (χ1v) is 6.40. The predicted octanol–water partition coefficient (Wildman–Crippen LogP) is 2.24. The Bertz CT molecular complexity index is 358. The summed E-state index contributed by atoms with van der Waals surface area (Å²) in [5.41, 5.74) is 0. The van der Waals surface area contributed by atoms with E-state index in [1.54, 1.807) is 7.11 Å². The molecule has 5 heteroatoms. The second kappa shape index (κ2) is 6.81. The number of pyridine rings is 1. The predicted molar refractivity (Wildman–Crippen MR) is 74.9 cm³/mol. The van der Waals surface area contributed by atoms with Gasteiger partial charge in [-0.3, -0.25) is 0 Å². The van der Waals surface area contributed by atoms with Gasteiger partial charge in [0.1, 0.15) is 5.82 Å². The van der Waals surface area contributed by atoms with Crippen LogP contribution in [-0.2, 0) is 0 Å². The van der Waals surface area contributed by atoms with Gasteiger partial charge < -0.3 is 14.5 Å². The lowest BCUT2D eigenvalue weighted by molar-refractivity contribution is 0.393. The largest absolute Gasteiger partial charge is 0.480 e. The van der Waals surface area contributed by atoms with Crippen LogP contribution in [0.1, 0.15) is 6.42 Å². The molecule has 0 aliphatic carbocycles. The topological polar surface area (TPSA) is 28.6 Å². The quantitative estimate of drug-likeness (QED) is 0.806. The fraction of sp³-hybridized carbons (Fsp3) is 0.583. The van der Waals surface area contributed by atoms with Crippen LogP contribution >= 0.6 is 15.9 Å². The van der Waals surface area contributed by atoms with Crippen LogP contribution in [-0.4, -0.2) is 51.2 Å². The summed E-state index contributed by atoms with van der Waals surface area (Å²) in [5, 5.41) is 0. The van der Waals surface area contributed by atoms with E-state index in [9.17, 15) is 0 Å². The minimum absolute atomic E-state index is 0.627. The second-order valence-corrected chi connectivity index (χ2v) is 5.09. The highest BCUT2D eigenvalue weighted by Crippen LogP contribution is 2.25. The highest BCUT2D eigenvalue weighted by molar-refractivity contribution is 9.10. The van der Waals surface area contributed by atoms with E-state index in [0.29, 0.717) is 5.88 Å². The number of ether oxygens (including phenoxy) is 1. The van der Waals surface area contributed by atoms with E-state index in [4.69, 9.17) is 4.74 Å². The number of anilines is 1. The van der Waals surface area contributed by atoms with E-state index < -0.39 is 0 Å². The number of methoxy groups -OCH3 is 1. The third-order valence-electron chi connectivity index (χ3n) is 2.48. The fourth-order valence-electron chi connectivity index (χ4n) is 1.51. The Morgan fingerprint density at radius 1 is 1.24 bits per heavy atom. The number of nitrogens with zero attached hydrogens (tertiary/aromatic N) is 3. The Morgan fingerprint density at radius 3 is 2.53 bits per heavy atom. The van der Waals surface area contributed by atoms with Crippen molar-refractivity contribution in [1.82, 2.24) is 9.88 Å². The number of aromatic nitrogens is 1. The van der Waals surface area contributed by atoms with Gasteiger partial charge in [-0.25, -0.2) is 0 Å². The van der Waals surface area contributed by atoms with Crippen LogP contribution < -0.4 is 9.64 Å². The molecular formula is C12H20BrN3O. The molecule has 0 fully saturated rings. The van der Waals surface area contributed by atoms with Crippen LogP contribution in [0, 0.1) is 0 Å². The molecule has 1 rings (SSSR count). The third-order valence-corrected chi connectivity index (χ3v) is 3.09. The summed E-state index contributed by atoms with van der Waals surface area (Å²) < 4.78 is 6.07. The van der Waals surface area contributed by atoms with Crippen molar-refractivity contribution in [3.63, 3.8) is 0 Å². The molecule has 96 valence electrons. The zero-order valence-corrected chi connectivity index (χ0v) is 12.5. The Kier molecular flexibility index (Phi) is 5.71. The van der Waals surface area contributed by atoms with Gasteiger partial charge in [-0.2, -0.15) is 4.98 Å². The zero-order chi connectivity index (χ0) is 12.8. The van der Waals surface area contributed by atoms with Crippen LogP contribution in [0.2, 0.25) is 0 Å². The molecule has 1 heterocycles. The summed E-state index contributed by atoms with van der Waals surface area (Å²) in [5.74, 6) is 1.56. The lowest BCUT2D eigenvalue weighted by Crippen LogP contribution is -2.24. The van der Waals surface area contributed by atoms with Crippen LogP contribution in [0.3, 0.4) is 0 Å². The molecule has 0 atom stereocenters. The molecule has 0 aliphatic heterocycles. The molecule has 0 amide bonds. The Morgan fingerprint density at radius 2 is 1.94 bits per heavy atom. The van der Waals surface area contributed by atoms with Crippen LogP contribution in [0.5, 0.6) is 5.88 Å². The molecule has 0 unspecified atom stereocenters. The Labute approximate surface area is 112 Å². The second-order valence-electron chi connectivity index (χ2n) is 4.24. The van der Waals surface area contributed by atoms with E-state index in [2.05, 4.69) is 44.8 Å². The molecule has 0 bridgehead atoms. The average molecular weight is 302 g/mol. The first-order valence-electron chi connectivity index (χ1n) is 5.61. The molecule has 1 aromatic heterocycles. The Hall–Kier alpha value is -0.810. The summed E-state index contributed by atoms with van der Waals surface area (Å²) in [6.45, 7) is 2.06. The summed E-state index contributed by atoms with van der Waals surface area (Å²) in [4.78, 5) is 8.75. The molecule has 0 aromatic carbocycles. The lowest BCUT2D eigenvalue weighted by Gasteiger charge is -2.20. The van der Waals surface area contributed by atoms with E-state index in [0.717, 1.165) is 29.8 Å². The van der Waals surface area contributed by atoms with Gasteiger partial charge in [0.15, 0.2) is 0 Å². The number of halogens is 1. The van der Waals surface area contributed by atoms with Gasteiger partial charge in [0.05, 0.1) is 11.6 Å². The van der Waals surface area contributed by atoms with Crippen molar-refractivity contribution in [3.8, 4) is 5.88 Å². The highest BCUT2D eigenvalue weighted by Gasteiger charge is 2.07. The zero-order valence-electron chi connectivity index (χ0n) is 10.9. The van der Waals surface area contributed by atoms with Crippen molar-refractivity contribution < 1.29 is 4.74 Å². The molecule has 0 saturated heterocycles. The standard InChI is InChI=1S/C12H20BrN3O/c1-15(2)8-5-9-16(3)11-7-6-10(13)12(14-11)17-4/h6-7H,5,8-9H2,1-4H3. The van der Waals surface area contributed by atoms with Gasteiger partial charge in [0, 0.05) is 13.6 Å². The van der Waals surface area contributed by atoms with Crippen molar-refractivity contribution >= 4 is 21.7 Å². The molecule has 1 aromatic rings. The summed E-state index contributed by atoms with van der Waals surface area (Å²) in [7, 11) is 7.84. The van der Waals surface area contributed by atoms with Gasteiger partial charge in [-0.05, 0) is 55.1 Å².